The van der Waals surface area contributed by atoms with Gasteiger partial charge in [-0.1, -0.05) is 392 Å². The highest BCUT2D eigenvalue weighted by molar-refractivity contribution is 5.76. The van der Waals surface area contributed by atoms with Gasteiger partial charge in [0.1, 0.15) is 0 Å². The molecule has 0 saturated carbocycles. The molecule has 85 heavy (non-hydrogen) atoms. The molecule has 0 aromatic carbocycles. The molecule has 1 amide bonds. The molecule has 0 rings (SSSR count). The second kappa shape index (κ2) is 75.0. The summed E-state index contributed by atoms with van der Waals surface area (Å²) in [6.45, 7) is 4.27. The lowest BCUT2D eigenvalue weighted by Gasteiger charge is -2.22. The summed E-state index contributed by atoms with van der Waals surface area (Å²) in [5.41, 5.74) is 0. The van der Waals surface area contributed by atoms with E-state index in [0.717, 1.165) is 89.9 Å². The van der Waals surface area contributed by atoms with Crippen molar-refractivity contribution in [1.82, 2.24) is 5.32 Å². The Balaban J connectivity index is 3.51. The van der Waals surface area contributed by atoms with Crippen LogP contribution in [0.3, 0.4) is 0 Å². The Morgan fingerprint density at radius 2 is 0.518 bits per heavy atom. The van der Waals surface area contributed by atoms with E-state index in [1.807, 2.05) is 0 Å². The molecule has 0 aliphatic rings. The lowest BCUT2D eigenvalue weighted by molar-refractivity contribution is -0.123. The minimum absolute atomic E-state index is 0.0355. The van der Waals surface area contributed by atoms with Crippen molar-refractivity contribution in [2.24, 2.45) is 0 Å². The van der Waals surface area contributed by atoms with E-state index in [1.165, 1.54) is 250 Å². The topological polar surface area (TPSA) is 69.6 Å². The minimum Gasteiger partial charge on any atom is -0.394 e. The van der Waals surface area contributed by atoms with Crippen molar-refractivity contribution in [3.8, 4) is 0 Å². The van der Waals surface area contributed by atoms with Crippen LogP contribution in [-0.2, 0) is 4.79 Å². The van der Waals surface area contributed by atoms with Gasteiger partial charge < -0.3 is 15.5 Å². The van der Waals surface area contributed by atoms with Gasteiger partial charge in [-0.25, -0.2) is 0 Å². The van der Waals surface area contributed by atoms with Crippen LogP contribution in [-0.4, -0.2) is 34.9 Å². The SMILES string of the molecule is CC/C=C\C/C=C\C/C=C\C/C=C\C/C=C\C/C=C\C/C=C\C/C=C\C/C=C\C/C=C\CCCCCCCCCCCCC(=O)NC(CO)C(O)CCCCCCCCCCCCCCCCCCCCCCCCCCCCCCCCCC. The monoisotopic (exact) mass is 1180 g/mol. The van der Waals surface area contributed by atoms with E-state index in [1.54, 1.807) is 0 Å². The third-order valence-electron chi connectivity index (χ3n) is 16.7. The first-order chi connectivity index (χ1) is 42.2. The summed E-state index contributed by atoms with van der Waals surface area (Å²) in [6.07, 6.45) is 114. The van der Waals surface area contributed by atoms with Crippen LogP contribution in [0.25, 0.3) is 0 Å². The molecule has 2 atom stereocenters. The average Bonchev–Trinajstić information content (AvgIpc) is 3.51. The summed E-state index contributed by atoms with van der Waals surface area (Å²) in [5, 5.41) is 23.5. The standard InChI is InChI=1S/C81H143NO3/c1-3-5-7-9-11-13-15-17-19-21-23-25-27-29-31-33-35-37-38-39-40-41-42-43-44-45-47-49-51-53-55-57-59-61-63-65-67-69-71-73-75-77-81(85)82-79(78-83)80(84)76-74-72-70-68-66-64-62-60-58-56-54-52-50-48-46-36-34-32-30-28-26-24-22-20-18-16-14-12-10-8-6-4-2/h5,7,11,13,17,19,23,25,29,31,35,37,39-40,42-43,45,47,51,53,79-80,83-84H,3-4,6,8-10,12,14-16,18,20-22,24,26-28,30,32-34,36,38,41,44,46,48-50,52,54-78H2,1-2H3,(H,82,85)/b7-5-,13-11-,19-17-,25-23-,31-29-,37-35-,40-39-,43-42-,47-45-,53-51-. The fourth-order valence-corrected chi connectivity index (χ4v) is 11.2. The highest BCUT2D eigenvalue weighted by Gasteiger charge is 2.20. The van der Waals surface area contributed by atoms with E-state index in [9.17, 15) is 15.0 Å². The summed E-state index contributed by atoms with van der Waals surface area (Å²) in [6, 6.07) is -0.549. The van der Waals surface area contributed by atoms with Gasteiger partial charge in [0.25, 0.3) is 0 Å². The summed E-state index contributed by atoms with van der Waals surface area (Å²) in [4.78, 5) is 12.6. The van der Waals surface area contributed by atoms with Crippen molar-refractivity contribution in [2.75, 3.05) is 6.61 Å². The number of carbonyl (C=O) groups is 1. The first-order valence-corrected chi connectivity index (χ1v) is 37.2. The number of amides is 1. The van der Waals surface area contributed by atoms with Gasteiger partial charge in [-0.3, -0.25) is 4.79 Å². The first-order valence-electron chi connectivity index (χ1n) is 37.2. The number of carbonyl (C=O) groups excluding carboxylic acids is 1. The highest BCUT2D eigenvalue weighted by atomic mass is 16.3. The molecule has 0 saturated heterocycles. The third kappa shape index (κ3) is 71.4. The number of unbranched alkanes of at least 4 members (excludes halogenated alkanes) is 41. The minimum atomic E-state index is -0.671. The zero-order chi connectivity index (χ0) is 61.2. The smallest absolute Gasteiger partial charge is 0.220 e. The molecule has 3 N–H and O–H groups in total. The Labute approximate surface area is 530 Å². The van der Waals surface area contributed by atoms with Crippen molar-refractivity contribution in [1.29, 1.82) is 0 Å². The highest BCUT2D eigenvalue weighted by Crippen LogP contribution is 2.19. The van der Waals surface area contributed by atoms with E-state index in [2.05, 4.69) is 141 Å². The lowest BCUT2D eigenvalue weighted by Crippen LogP contribution is -2.45. The zero-order valence-electron chi connectivity index (χ0n) is 56.6. The fraction of sp³-hybridized carbons (Fsp3) is 0.741. The number of allylic oxidation sites excluding steroid dienone is 20. The molecular formula is C81H143NO3. The molecule has 4 nitrogen and oxygen atoms in total. The average molecular weight is 1180 g/mol. The number of aliphatic hydroxyl groups excluding tert-OH is 2. The van der Waals surface area contributed by atoms with Crippen molar-refractivity contribution >= 4 is 5.91 Å². The fourth-order valence-electron chi connectivity index (χ4n) is 11.2. The van der Waals surface area contributed by atoms with Crippen LogP contribution < -0.4 is 5.32 Å². The summed E-state index contributed by atoms with van der Waals surface area (Å²) in [7, 11) is 0. The molecule has 0 heterocycles. The van der Waals surface area contributed by atoms with Gasteiger partial charge in [0, 0.05) is 6.42 Å². The maximum atomic E-state index is 12.6. The van der Waals surface area contributed by atoms with Gasteiger partial charge in [-0.15, -0.1) is 0 Å². The molecule has 490 valence electrons. The van der Waals surface area contributed by atoms with Crippen LogP contribution >= 0.6 is 0 Å². The Hall–Kier alpha value is -3.21. The van der Waals surface area contributed by atoms with Gasteiger partial charge in [-0.2, -0.15) is 0 Å². The van der Waals surface area contributed by atoms with Crippen molar-refractivity contribution in [3.05, 3.63) is 122 Å². The number of rotatable bonds is 68. The van der Waals surface area contributed by atoms with E-state index >= 15 is 0 Å². The molecule has 0 radical (unpaired) electrons. The van der Waals surface area contributed by atoms with Gasteiger partial charge >= 0.3 is 0 Å². The molecule has 0 aliphatic heterocycles. The molecular weight excluding hydrogens is 1030 g/mol. The quantitative estimate of drug-likeness (QED) is 0.0420. The molecule has 0 aromatic heterocycles. The first kappa shape index (κ1) is 81.8. The van der Waals surface area contributed by atoms with Crippen LogP contribution in [0.2, 0.25) is 0 Å². The molecule has 0 bridgehead atoms. The predicted octanol–water partition coefficient (Wildman–Crippen LogP) is 25.9. The molecule has 0 aromatic rings. The second-order valence-corrected chi connectivity index (χ2v) is 25.0. The molecule has 0 aliphatic carbocycles. The maximum absolute atomic E-state index is 12.6. The summed E-state index contributed by atoms with van der Waals surface area (Å²) >= 11 is 0. The van der Waals surface area contributed by atoms with Gasteiger partial charge in [0.15, 0.2) is 0 Å². The van der Waals surface area contributed by atoms with Crippen LogP contribution in [0, 0.1) is 0 Å². The number of nitrogens with one attached hydrogen (secondary N) is 1. The Morgan fingerprint density at radius 3 is 0.776 bits per heavy atom. The van der Waals surface area contributed by atoms with Crippen molar-refractivity contribution in [2.45, 2.75) is 379 Å². The molecule has 2 unspecified atom stereocenters. The lowest BCUT2D eigenvalue weighted by atomic mass is 10.0. The predicted molar refractivity (Wildman–Crippen MR) is 382 cm³/mol. The maximum Gasteiger partial charge on any atom is 0.220 e. The number of hydrogen-bond donors (Lipinski definition) is 3. The molecule has 4 heteroatoms. The van der Waals surface area contributed by atoms with Crippen LogP contribution in [0.4, 0.5) is 0 Å². The van der Waals surface area contributed by atoms with E-state index in [-0.39, 0.29) is 12.5 Å². The van der Waals surface area contributed by atoms with Gasteiger partial charge in [0.05, 0.1) is 18.8 Å². The van der Waals surface area contributed by atoms with Crippen molar-refractivity contribution < 1.29 is 15.0 Å². The normalized spacial score (nSPS) is 13.4. The van der Waals surface area contributed by atoms with Crippen LogP contribution in [0.5, 0.6) is 0 Å². The van der Waals surface area contributed by atoms with Crippen molar-refractivity contribution in [3.63, 3.8) is 0 Å². The van der Waals surface area contributed by atoms with E-state index in [0.29, 0.717) is 12.8 Å². The Morgan fingerprint density at radius 1 is 0.294 bits per heavy atom. The second-order valence-electron chi connectivity index (χ2n) is 25.0. The van der Waals surface area contributed by atoms with Gasteiger partial charge in [-0.05, 0) is 89.9 Å². The third-order valence-corrected chi connectivity index (χ3v) is 16.7. The zero-order valence-corrected chi connectivity index (χ0v) is 56.6. The number of aliphatic hydroxyl groups is 2. The van der Waals surface area contributed by atoms with Crippen LogP contribution in [0.1, 0.15) is 367 Å². The number of hydrogen-bond acceptors (Lipinski definition) is 3. The van der Waals surface area contributed by atoms with Crippen LogP contribution in [0.15, 0.2) is 122 Å². The summed E-state index contributed by atoms with van der Waals surface area (Å²) in [5.74, 6) is -0.0355. The Bertz CT molecular complexity index is 1620. The van der Waals surface area contributed by atoms with E-state index < -0.39 is 12.1 Å². The largest absolute Gasteiger partial charge is 0.394 e. The summed E-state index contributed by atoms with van der Waals surface area (Å²) < 4.78 is 0. The Kier molecular flexibility index (Phi) is 72.2. The van der Waals surface area contributed by atoms with Gasteiger partial charge in [0.2, 0.25) is 5.91 Å². The van der Waals surface area contributed by atoms with E-state index in [4.69, 9.17) is 0 Å². The molecule has 0 fully saturated rings. The molecule has 0 spiro atoms.